The maximum Gasteiger partial charge on any atom is 0.238 e. The van der Waals surface area contributed by atoms with Crippen molar-refractivity contribution in [1.29, 1.82) is 0 Å². The first-order valence-corrected chi connectivity index (χ1v) is 8.67. The minimum atomic E-state index is -0.00606. The zero-order chi connectivity index (χ0) is 17.4. The van der Waals surface area contributed by atoms with Crippen molar-refractivity contribution in [2.75, 3.05) is 25.0 Å². The Hall–Kier alpha value is -2.37. The predicted octanol–water partition coefficient (Wildman–Crippen LogP) is 3.63. The number of ether oxygens (including phenoxy) is 1. The summed E-state index contributed by atoms with van der Waals surface area (Å²) in [6, 6.07) is 13.7. The molecule has 1 N–H and O–H groups in total. The molecule has 25 heavy (non-hydrogen) atoms. The number of para-hydroxylation sites is 1. The number of anilines is 1. The highest BCUT2D eigenvalue weighted by molar-refractivity contribution is 6.07. The summed E-state index contributed by atoms with van der Waals surface area (Å²) in [5, 5.41) is 5.08. The van der Waals surface area contributed by atoms with Crippen LogP contribution >= 0.6 is 0 Å². The molecule has 0 unspecified atom stereocenters. The fourth-order valence-corrected chi connectivity index (χ4v) is 3.62. The first-order chi connectivity index (χ1) is 12.1. The number of hydrogen-bond donors (Lipinski definition) is 1. The van der Waals surface area contributed by atoms with Crippen molar-refractivity contribution in [1.82, 2.24) is 4.90 Å². The number of hydrogen-bond acceptors (Lipinski definition) is 4. The van der Waals surface area contributed by atoms with Crippen LogP contribution in [0.1, 0.15) is 13.8 Å². The Labute approximate surface area is 146 Å². The summed E-state index contributed by atoms with van der Waals surface area (Å²) in [4.78, 5) is 14.6. The van der Waals surface area contributed by atoms with Crippen LogP contribution in [-0.4, -0.2) is 42.6 Å². The lowest BCUT2D eigenvalue weighted by atomic mass is 10.1. The fourth-order valence-electron chi connectivity index (χ4n) is 3.62. The van der Waals surface area contributed by atoms with Crippen molar-refractivity contribution >= 4 is 33.5 Å². The molecule has 0 aliphatic carbocycles. The van der Waals surface area contributed by atoms with Gasteiger partial charge < -0.3 is 14.5 Å². The molecule has 1 aromatic heterocycles. The van der Waals surface area contributed by atoms with Crippen molar-refractivity contribution in [2.24, 2.45) is 0 Å². The first-order valence-electron chi connectivity index (χ1n) is 8.67. The van der Waals surface area contributed by atoms with Crippen LogP contribution in [0.15, 0.2) is 46.9 Å². The number of benzene rings is 2. The van der Waals surface area contributed by atoms with E-state index in [4.69, 9.17) is 9.15 Å². The largest absolute Gasteiger partial charge is 0.456 e. The van der Waals surface area contributed by atoms with Gasteiger partial charge in [-0.2, -0.15) is 0 Å². The number of carbonyl (C=O) groups is 1. The van der Waals surface area contributed by atoms with Gasteiger partial charge in [0.1, 0.15) is 11.2 Å². The Morgan fingerprint density at radius 2 is 1.80 bits per heavy atom. The Bertz CT molecular complexity index is 908. The third-order valence-corrected chi connectivity index (χ3v) is 4.52. The van der Waals surface area contributed by atoms with Crippen molar-refractivity contribution in [3.63, 3.8) is 0 Å². The maximum absolute atomic E-state index is 12.4. The van der Waals surface area contributed by atoms with Gasteiger partial charge in [-0.3, -0.25) is 9.69 Å². The highest BCUT2D eigenvalue weighted by atomic mass is 16.5. The molecular formula is C20H22N2O3. The van der Waals surface area contributed by atoms with Gasteiger partial charge in [-0.15, -0.1) is 0 Å². The standard InChI is InChI=1S/C20H22N2O3/c1-13-10-22(11-14(2)24-13)12-20(23)21-15-7-8-19-17(9-15)16-5-3-4-6-18(16)25-19/h3-9,13-14H,10-12H2,1-2H3,(H,21,23)/t13-,14-/m0/s1. The molecule has 2 aromatic carbocycles. The highest BCUT2D eigenvalue weighted by Gasteiger charge is 2.23. The van der Waals surface area contributed by atoms with Crippen molar-refractivity contribution in [3.05, 3.63) is 42.5 Å². The van der Waals surface area contributed by atoms with Crippen LogP contribution < -0.4 is 5.32 Å². The number of rotatable bonds is 3. The van der Waals surface area contributed by atoms with Crippen molar-refractivity contribution < 1.29 is 13.9 Å². The molecule has 1 saturated heterocycles. The normalized spacial score (nSPS) is 21.7. The van der Waals surface area contributed by atoms with Crippen LogP contribution in [0.25, 0.3) is 21.9 Å². The van der Waals surface area contributed by atoms with Crippen LogP contribution in [-0.2, 0) is 9.53 Å². The lowest BCUT2D eigenvalue weighted by molar-refractivity contribution is -0.121. The summed E-state index contributed by atoms with van der Waals surface area (Å²) in [6.07, 6.45) is 0.315. The van der Waals surface area contributed by atoms with Crippen LogP contribution in [0.2, 0.25) is 0 Å². The lowest BCUT2D eigenvalue weighted by Crippen LogP contribution is -2.48. The second-order valence-electron chi connectivity index (χ2n) is 6.81. The molecule has 2 heterocycles. The van der Waals surface area contributed by atoms with Gasteiger partial charge >= 0.3 is 0 Å². The monoisotopic (exact) mass is 338 g/mol. The third kappa shape index (κ3) is 3.38. The maximum atomic E-state index is 12.4. The number of fused-ring (bicyclic) bond motifs is 3. The van der Waals surface area contributed by atoms with Gasteiger partial charge in [-0.25, -0.2) is 0 Å². The van der Waals surface area contributed by atoms with Gasteiger partial charge in [0.2, 0.25) is 5.91 Å². The van der Waals surface area contributed by atoms with Crippen LogP contribution in [0.5, 0.6) is 0 Å². The fraction of sp³-hybridized carbons (Fsp3) is 0.350. The Morgan fingerprint density at radius 3 is 2.60 bits per heavy atom. The number of carbonyl (C=O) groups excluding carboxylic acids is 1. The van der Waals surface area contributed by atoms with E-state index in [-0.39, 0.29) is 18.1 Å². The topological polar surface area (TPSA) is 54.7 Å². The molecule has 0 bridgehead atoms. The van der Waals surface area contributed by atoms with Crippen molar-refractivity contribution in [3.8, 4) is 0 Å². The molecule has 2 atom stereocenters. The molecule has 1 fully saturated rings. The number of morpholine rings is 1. The van der Waals surface area contributed by atoms with Gasteiger partial charge in [-0.1, -0.05) is 18.2 Å². The number of furan rings is 1. The minimum Gasteiger partial charge on any atom is -0.456 e. The Kier molecular flexibility index (Phi) is 4.19. The number of nitrogens with zero attached hydrogens (tertiary/aromatic N) is 1. The Morgan fingerprint density at radius 1 is 1.08 bits per heavy atom. The number of nitrogens with one attached hydrogen (secondary N) is 1. The molecule has 130 valence electrons. The van der Waals surface area contributed by atoms with E-state index in [2.05, 4.69) is 10.2 Å². The molecule has 1 amide bonds. The molecule has 0 saturated carbocycles. The third-order valence-electron chi connectivity index (χ3n) is 4.52. The van der Waals surface area contributed by atoms with E-state index in [1.165, 1.54) is 0 Å². The smallest absolute Gasteiger partial charge is 0.238 e. The molecule has 0 spiro atoms. The molecule has 3 aromatic rings. The molecule has 1 aliphatic heterocycles. The predicted molar refractivity (Wildman–Crippen MR) is 98.8 cm³/mol. The first kappa shape index (κ1) is 16.1. The van der Waals surface area contributed by atoms with Crippen LogP contribution in [0.3, 0.4) is 0 Å². The lowest BCUT2D eigenvalue weighted by Gasteiger charge is -2.34. The molecule has 1 aliphatic rings. The Balaban J connectivity index is 1.50. The molecular weight excluding hydrogens is 316 g/mol. The van der Waals surface area contributed by atoms with E-state index >= 15 is 0 Å². The summed E-state index contributed by atoms with van der Waals surface area (Å²) in [6.45, 7) is 6.02. The molecule has 4 rings (SSSR count). The quantitative estimate of drug-likeness (QED) is 0.792. The minimum absolute atomic E-state index is 0.00606. The van der Waals surface area contributed by atoms with E-state index in [0.29, 0.717) is 6.54 Å². The van der Waals surface area contributed by atoms with Gasteiger partial charge in [-0.05, 0) is 38.1 Å². The summed E-state index contributed by atoms with van der Waals surface area (Å²) in [5.74, 6) is -0.00606. The van der Waals surface area contributed by atoms with E-state index in [9.17, 15) is 4.79 Å². The van der Waals surface area contributed by atoms with Gasteiger partial charge in [0, 0.05) is 29.5 Å². The summed E-state index contributed by atoms with van der Waals surface area (Å²) in [7, 11) is 0. The van der Waals surface area contributed by atoms with Gasteiger partial charge in [0.05, 0.1) is 18.8 Å². The summed E-state index contributed by atoms with van der Waals surface area (Å²) in [5.41, 5.74) is 2.48. The van der Waals surface area contributed by atoms with E-state index < -0.39 is 0 Å². The van der Waals surface area contributed by atoms with Gasteiger partial charge in [0.25, 0.3) is 0 Å². The van der Waals surface area contributed by atoms with E-state index in [0.717, 1.165) is 40.7 Å². The second kappa shape index (κ2) is 6.50. The van der Waals surface area contributed by atoms with E-state index in [1.54, 1.807) is 0 Å². The zero-order valence-corrected chi connectivity index (χ0v) is 14.5. The summed E-state index contributed by atoms with van der Waals surface area (Å²) >= 11 is 0. The zero-order valence-electron chi connectivity index (χ0n) is 14.5. The van der Waals surface area contributed by atoms with Gasteiger partial charge in [0.15, 0.2) is 0 Å². The van der Waals surface area contributed by atoms with Crippen LogP contribution in [0.4, 0.5) is 5.69 Å². The number of amides is 1. The van der Waals surface area contributed by atoms with Crippen LogP contribution in [0, 0.1) is 0 Å². The highest BCUT2D eigenvalue weighted by Crippen LogP contribution is 2.30. The SMILES string of the molecule is C[C@H]1CN(CC(=O)Nc2ccc3oc4ccccc4c3c2)C[C@H](C)O1. The van der Waals surface area contributed by atoms with Crippen molar-refractivity contribution in [2.45, 2.75) is 26.1 Å². The molecule has 0 radical (unpaired) electrons. The summed E-state index contributed by atoms with van der Waals surface area (Å²) < 4.78 is 11.5. The molecule has 5 heteroatoms. The average molecular weight is 338 g/mol. The van der Waals surface area contributed by atoms with E-state index in [1.807, 2.05) is 56.3 Å². The second-order valence-corrected chi connectivity index (χ2v) is 6.81. The average Bonchev–Trinajstić information content (AvgIpc) is 2.92. The molecule has 5 nitrogen and oxygen atoms in total.